The number of imide groups is 1. The highest BCUT2D eigenvalue weighted by Crippen LogP contribution is 2.34. The number of alkyl halides is 1. The number of hydrogen-bond donors (Lipinski definition) is 3. The molecule has 1 unspecified atom stereocenters. The molecule has 3 aromatic carbocycles. The average Bonchev–Trinajstić information content (AvgIpc) is 4.01. The number of likely N-dealkylation sites (tertiary alicyclic amines) is 1. The van der Waals surface area contributed by atoms with E-state index in [0.29, 0.717) is 41.0 Å². The molecule has 13 nitrogen and oxygen atoms in total. The number of nitrogens with zero attached hydrogens (tertiary/aromatic N) is 4. The van der Waals surface area contributed by atoms with Crippen LogP contribution in [0, 0.1) is 11.6 Å². The fourth-order valence-electron chi connectivity index (χ4n) is 9.49. The molecule has 9 rings (SSSR count). The van der Waals surface area contributed by atoms with Gasteiger partial charge in [-0.15, -0.1) is 0 Å². The van der Waals surface area contributed by atoms with E-state index >= 15 is 8.78 Å². The number of nitrogens with one attached hydrogen (secondary N) is 3. The first kappa shape index (κ1) is 43.3. The summed E-state index contributed by atoms with van der Waals surface area (Å²) in [6, 6.07) is 17.0. The summed E-state index contributed by atoms with van der Waals surface area (Å²) in [7, 11) is -4.35. The van der Waals surface area contributed by atoms with Crippen LogP contribution in [0.3, 0.4) is 0 Å². The number of aromatic nitrogens is 2. The number of benzene rings is 3. The number of halogens is 3. The van der Waals surface area contributed by atoms with Crippen LogP contribution >= 0.6 is 0 Å². The number of unbranched alkanes of at least 4 members (excludes halogenated alkanes) is 2. The highest BCUT2D eigenvalue weighted by molar-refractivity contribution is 7.90. The molecule has 6 heterocycles. The molecule has 2 aromatic heterocycles. The number of ketones is 1. The van der Waals surface area contributed by atoms with Crippen molar-refractivity contribution in [3.05, 3.63) is 118 Å². The molecule has 0 radical (unpaired) electrons. The van der Waals surface area contributed by atoms with Crippen LogP contribution in [0.15, 0.2) is 73.1 Å². The number of anilines is 1. The van der Waals surface area contributed by atoms with Gasteiger partial charge in [-0.3, -0.25) is 29.2 Å². The Kier molecular flexibility index (Phi) is 12.1. The van der Waals surface area contributed by atoms with E-state index in [1.807, 2.05) is 29.0 Å². The molecule has 2 atom stereocenters. The number of H-pyrrole nitrogens is 1. The molecule has 334 valence electrons. The summed E-state index contributed by atoms with van der Waals surface area (Å²) in [5.41, 5.74) is 4.28. The van der Waals surface area contributed by atoms with Gasteiger partial charge in [0.15, 0.2) is 5.82 Å². The van der Waals surface area contributed by atoms with E-state index in [0.717, 1.165) is 85.7 Å². The fourth-order valence-corrected chi connectivity index (χ4v) is 10.8. The quantitative estimate of drug-likeness (QED) is 0.0623. The highest BCUT2D eigenvalue weighted by atomic mass is 32.2. The van der Waals surface area contributed by atoms with Crippen molar-refractivity contribution in [2.24, 2.45) is 0 Å². The number of aryl methyl sites for hydroxylation is 1. The molecule has 3 amide bonds. The third-order valence-corrected chi connectivity index (χ3v) is 14.6. The predicted octanol–water partition coefficient (Wildman–Crippen LogP) is 6.79. The maximum atomic E-state index is 15.7. The minimum absolute atomic E-state index is 0.00592. The van der Waals surface area contributed by atoms with Crippen molar-refractivity contribution in [3.8, 4) is 11.1 Å². The zero-order chi connectivity index (χ0) is 44.7. The van der Waals surface area contributed by atoms with Crippen molar-refractivity contribution in [1.82, 2.24) is 29.4 Å². The van der Waals surface area contributed by atoms with Gasteiger partial charge in [0.05, 0.1) is 11.3 Å². The maximum absolute atomic E-state index is 15.7. The van der Waals surface area contributed by atoms with E-state index in [2.05, 4.69) is 38.4 Å². The van der Waals surface area contributed by atoms with E-state index in [1.54, 1.807) is 17.2 Å². The van der Waals surface area contributed by atoms with Crippen LogP contribution in [0.4, 0.5) is 18.9 Å². The van der Waals surface area contributed by atoms with Crippen LogP contribution in [0.5, 0.6) is 0 Å². The van der Waals surface area contributed by atoms with Crippen molar-refractivity contribution in [1.29, 1.82) is 0 Å². The van der Waals surface area contributed by atoms with Crippen molar-refractivity contribution in [2.45, 2.75) is 82.5 Å². The first-order valence-electron chi connectivity index (χ1n) is 21.8. The highest BCUT2D eigenvalue weighted by Gasteiger charge is 2.39. The summed E-state index contributed by atoms with van der Waals surface area (Å²) in [4.78, 5) is 62.2. The number of aromatic amines is 1. The van der Waals surface area contributed by atoms with Gasteiger partial charge in [0.1, 0.15) is 23.7 Å². The predicted molar refractivity (Wildman–Crippen MR) is 233 cm³/mol. The third-order valence-electron chi connectivity index (χ3n) is 13.1. The summed E-state index contributed by atoms with van der Waals surface area (Å²) in [6.45, 7) is 2.96. The maximum Gasteiger partial charge on any atom is 0.301 e. The summed E-state index contributed by atoms with van der Waals surface area (Å²) in [5, 5.41) is 2.69. The van der Waals surface area contributed by atoms with E-state index in [1.165, 1.54) is 17.3 Å². The minimum Gasteiger partial charge on any atom is -0.345 e. The third kappa shape index (κ3) is 8.80. The average molecular weight is 896 g/mol. The normalized spacial score (nSPS) is 20.0. The molecule has 0 aliphatic carbocycles. The number of hydrogen-bond acceptors (Lipinski definition) is 8. The van der Waals surface area contributed by atoms with Gasteiger partial charge in [0.25, 0.3) is 5.91 Å². The van der Waals surface area contributed by atoms with Gasteiger partial charge in [0.2, 0.25) is 17.6 Å². The lowest BCUT2D eigenvalue weighted by molar-refractivity contribution is -0.136. The lowest BCUT2D eigenvalue weighted by atomic mass is 9.88. The Morgan fingerprint density at radius 2 is 1.69 bits per heavy atom. The van der Waals surface area contributed by atoms with Gasteiger partial charge < -0.3 is 14.8 Å². The molecule has 3 fully saturated rings. The fraction of sp³-hybridized carbons (Fsp3) is 0.383. The van der Waals surface area contributed by atoms with E-state index in [9.17, 15) is 32.0 Å². The smallest absolute Gasteiger partial charge is 0.301 e. The van der Waals surface area contributed by atoms with Gasteiger partial charge in [-0.1, -0.05) is 42.8 Å². The lowest BCUT2D eigenvalue weighted by Crippen LogP contribution is -2.52. The van der Waals surface area contributed by atoms with Crippen molar-refractivity contribution in [2.75, 3.05) is 37.4 Å². The SMILES string of the molecule is O=C1CCC(N2Cc3cc(CCCCCN4CCC(c5ccc(-c6cnc7[nH]cc(C(=O)c8c(F)ccc(NS(=O)(=O)N9CC[C@@H](F)C9)c8F)c7c6)cc5)CC4)ccc3C2=O)C(=O)N1. The molecular weight excluding hydrogens is 848 g/mol. The summed E-state index contributed by atoms with van der Waals surface area (Å²) in [5.74, 6) is -3.97. The molecule has 3 saturated heterocycles. The number of amides is 3. The number of rotatable bonds is 14. The molecule has 3 N–H and O–H groups in total. The van der Waals surface area contributed by atoms with Crippen LogP contribution in [0.2, 0.25) is 0 Å². The zero-order valence-corrected chi connectivity index (χ0v) is 35.9. The molecule has 0 spiro atoms. The first-order chi connectivity index (χ1) is 30.8. The van der Waals surface area contributed by atoms with Crippen LogP contribution in [-0.2, 0) is 32.8 Å². The van der Waals surface area contributed by atoms with Crippen molar-refractivity contribution < 1.29 is 40.8 Å². The molecule has 0 bridgehead atoms. The Labute approximate surface area is 368 Å². The summed E-state index contributed by atoms with van der Waals surface area (Å²) in [6.07, 6.45) is 8.44. The number of fused-ring (bicyclic) bond motifs is 2. The van der Waals surface area contributed by atoms with E-state index in [-0.39, 0.29) is 43.3 Å². The molecule has 4 aliphatic rings. The van der Waals surface area contributed by atoms with Gasteiger partial charge in [-0.2, -0.15) is 12.7 Å². The standard InChI is InChI=1S/C47H48F3N7O6S/c48-34-17-21-56(27-34)64(62,63)54-39-12-11-38(49)42(43(39)50)44(59)37-25-52-45-36(37)23-32(24-51-45)30-8-6-29(7-9-30)31-15-19-55(20-16-31)18-3-1-2-4-28-5-10-35-33(22-28)26-57(47(35)61)40-13-14-41(58)53-46(40)60/h5-12,22-25,31,34,40,54H,1-4,13-21,26-27H2,(H,51,52)(H,53,58,60)/t34-,40?/m1/s1. The first-order valence-corrected chi connectivity index (χ1v) is 23.3. The van der Waals surface area contributed by atoms with Crippen LogP contribution in [-0.4, -0.2) is 101 Å². The largest absolute Gasteiger partial charge is 0.345 e. The molecular formula is C47H48F3N7O6S. The van der Waals surface area contributed by atoms with E-state index in [4.69, 9.17) is 0 Å². The minimum atomic E-state index is -4.35. The van der Waals surface area contributed by atoms with Crippen LogP contribution in [0.1, 0.15) is 100 Å². The lowest BCUT2D eigenvalue weighted by Gasteiger charge is -2.32. The summed E-state index contributed by atoms with van der Waals surface area (Å²) >= 11 is 0. The topological polar surface area (TPSA) is 165 Å². The Bertz CT molecular complexity index is 2760. The second kappa shape index (κ2) is 17.9. The van der Waals surface area contributed by atoms with Crippen LogP contribution < -0.4 is 10.0 Å². The Morgan fingerprint density at radius 1 is 0.891 bits per heavy atom. The second-order valence-electron chi connectivity index (χ2n) is 17.2. The molecule has 4 aliphatic heterocycles. The molecule has 64 heavy (non-hydrogen) atoms. The van der Waals surface area contributed by atoms with Crippen molar-refractivity contribution >= 4 is 50.4 Å². The summed E-state index contributed by atoms with van der Waals surface area (Å²) < 4.78 is 73.0. The number of carbonyl (C=O) groups is 4. The van der Waals surface area contributed by atoms with Gasteiger partial charge in [0, 0.05) is 60.5 Å². The number of carbonyl (C=O) groups excluding carboxylic acids is 4. The molecule has 5 aromatic rings. The Morgan fingerprint density at radius 3 is 2.44 bits per heavy atom. The Balaban J connectivity index is 0.759. The zero-order valence-electron chi connectivity index (χ0n) is 35.0. The molecule has 0 saturated carbocycles. The Hall–Kier alpha value is -5.91. The van der Waals surface area contributed by atoms with Gasteiger partial charge in [-0.25, -0.2) is 18.2 Å². The van der Waals surface area contributed by atoms with Gasteiger partial charge in [-0.05, 0) is 117 Å². The second-order valence-corrected chi connectivity index (χ2v) is 18.9. The van der Waals surface area contributed by atoms with Crippen LogP contribution in [0.25, 0.3) is 22.2 Å². The van der Waals surface area contributed by atoms with Gasteiger partial charge >= 0.3 is 10.2 Å². The number of piperidine rings is 2. The van der Waals surface area contributed by atoms with Crippen molar-refractivity contribution in [3.63, 3.8) is 0 Å². The number of pyridine rings is 1. The monoisotopic (exact) mass is 895 g/mol. The van der Waals surface area contributed by atoms with E-state index < -0.39 is 57.0 Å². The molecule has 17 heteroatoms.